The quantitative estimate of drug-likeness (QED) is 0.463. The summed E-state index contributed by atoms with van der Waals surface area (Å²) in [6, 6.07) is 6.03. The molecular weight excluding hydrogens is 394 g/mol. The monoisotopic (exact) mass is 414 g/mol. The lowest BCUT2D eigenvalue weighted by molar-refractivity contribution is -0.172. The average molecular weight is 414 g/mol. The molecule has 0 aliphatic rings. The number of alkyl halides is 6. The van der Waals surface area contributed by atoms with Crippen molar-refractivity contribution in [3.8, 4) is 0 Å². The van der Waals surface area contributed by atoms with E-state index in [9.17, 15) is 35.9 Å². The molecule has 0 saturated carbocycles. The van der Waals surface area contributed by atoms with Gasteiger partial charge in [0.1, 0.15) is 12.2 Å². The Kier molecular flexibility index (Phi) is 8.31. The second-order valence-electron chi connectivity index (χ2n) is 6.36. The topological polar surface area (TPSA) is 52.6 Å². The minimum atomic E-state index is -4.48. The largest absolute Gasteiger partial charge is 0.462 e. The van der Waals surface area contributed by atoms with Crippen LogP contribution in [0.2, 0.25) is 0 Å². The molecule has 28 heavy (non-hydrogen) atoms. The molecule has 0 N–H and O–H groups in total. The van der Waals surface area contributed by atoms with Crippen molar-refractivity contribution in [1.82, 2.24) is 0 Å². The first-order valence-electron chi connectivity index (χ1n) is 8.34. The standard InChI is InChI=1S/C18H20F6O4/c1-11(9-17(19,20)21)27-15(25)7-13-5-3-4-6-14(13)8-16(26)28-12(2)10-18(22,23)24/h3-6,11-12H,7-10H2,1-2H3. The lowest BCUT2D eigenvalue weighted by Crippen LogP contribution is -2.24. The molecule has 2 unspecified atom stereocenters. The van der Waals surface area contributed by atoms with Crippen molar-refractivity contribution in [2.24, 2.45) is 0 Å². The number of carbonyl (C=O) groups excluding carboxylic acids is 2. The fourth-order valence-corrected chi connectivity index (χ4v) is 2.48. The molecule has 158 valence electrons. The molecule has 2 atom stereocenters. The molecule has 1 rings (SSSR count). The Bertz CT molecular complexity index is 612. The summed E-state index contributed by atoms with van der Waals surface area (Å²) in [5.41, 5.74) is 0.624. The zero-order chi connectivity index (χ0) is 21.5. The number of rotatable bonds is 8. The van der Waals surface area contributed by atoms with Gasteiger partial charge in [-0.05, 0) is 25.0 Å². The van der Waals surface area contributed by atoms with Crippen molar-refractivity contribution in [3.63, 3.8) is 0 Å². The van der Waals surface area contributed by atoms with E-state index in [0.717, 1.165) is 13.8 Å². The summed E-state index contributed by atoms with van der Waals surface area (Å²) in [5, 5.41) is 0. The highest BCUT2D eigenvalue weighted by Crippen LogP contribution is 2.24. The number of benzene rings is 1. The van der Waals surface area contributed by atoms with E-state index in [1.807, 2.05) is 0 Å². The average Bonchev–Trinajstić information content (AvgIpc) is 2.44. The first-order valence-corrected chi connectivity index (χ1v) is 8.34. The fourth-order valence-electron chi connectivity index (χ4n) is 2.48. The number of hydrogen-bond donors (Lipinski definition) is 0. The van der Waals surface area contributed by atoms with Crippen LogP contribution in [-0.4, -0.2) is 36.5 Å². The van der Waals surface area contributed by atoms with Gasteiger partial charge in [0.25, 0.3) is 0 Å². The Morgan fingerprint density at radius 3 is 1.39 bits per heavy atom. The molecule has 0 bridgehead atoms. The zero-order valence-corrected chi connectivity index (χ0v) is 15.2. The van der Waals surface area contributed by atoms with E-state index in [1.54, 1.807) is 12.1 Å². The van der Waals surface area contributed by atoms with Gasteiger partial charge in [-0.1, -0.05) is 24.3 Å². The molecule has 0 radical (unpaired) electrons. The van der Waals surface area contributed by atoms with Crippen molar-refractivity contribution in [3.05, 3.63) is 35.4 Å². The lowest BCUT2D eigenvalue weighted by Gasteiger charge is -2.17. The van der Waals surface area contributed by atoms with E-state index in [0.29, 0.717) is 11.1 Å². The first-order chi connectivity index (χ1) is 12.7. The van der Waals surface area contributed by atoms with Crippen LogP contribution in [-0.2, 0) is 31.9 Å². The zero-order valence-electron chi connectivity index (χ0n) is 15.2. The van der Waals surface area contributed by atoms with Crippen LogP contribution < -0.4 is 0 Å². The highest BCUT2D eigenvalue weighted by Gasteiger charge is 2.32. The predicted molar refractivity (Wildman–Crippen MR) is 86.3 cm³/mol. The summed E-state index contributed by atoms with van der Waals surface area (Å²) in [6.45, 7) is 2.22. The van der Waals surface area contributed by atoms with Crippen molar-refractivity contribution in [2.75, 3.05) is 0 Å². The second kappa shape index (κ2) is 9.79. The highest BCUT2D eigenvalue weighted by molar-refractivity contribution is 5.76. The van der Waals surface area contributed by atoms with Crippen LogP contribution in [0.15, 0.2) is 24.3 Å². The van der Waals surface area contributed by atoms with Gasteiger partial charge in [0, 0.05) is 0 Å². The molecule has 4 nitrogen and oxygen atoms in total. The van der Waals surface area contributed by atoms with Gasteiger partial charge >= 0.3 is 24.3 Å². The van der Waals surface area contributed by atoms with E-state index in [2.05, 4.69) is 0 Å². The molecule has 0 saturated heterocycles. The van der Waals surface area contributed by atoms with Gasteiger partial charge in [-0.3, -0.25) is 9.59 Å². The summed E-state index contributed by atoms with van der Waals surface area (Å²) in [6.07, 6.45) is -15.0. The Morgan fingerprint density at radius 1 is 0.786 bits per heavy atom. The Morgan fingerprint density at radius 2 is 1.11 bits per heavy atom. The number of halogens is 6. The summed E-state index contributed by atoms with van der Waals surface area (Å²) in [4.78, 5) is 23.7. The van der Waals surface area contributed by atoms with Crippen LogP contribution in [0, 0.1) is 0 Å². The van der Waals surface area contributed by atoms with Crippen molar-refractivity contribution in [1.29, 1.82) is 0 Å². The number of hydrogen-bond acceptors (Lipinski definition) is 4. The van der Waals surface area contributed by atoms with Gasteiger partial charge in [-0.15, -0.1) is 0 Å². The van der Waals surface area contributed by atoms with Gasteiger partial charge in [0.05, 0.1) is 25.7 Å². The molecule has 0 amide bonds. The van der Waals surface area contributed by atoms with Crippen LogP contribution in [0.4, 0.5) is 26.3 Å². The summed E-state index contributed by atoms with van der Waals surface area (Å²) in [5.74, 6) is -1.83. The van der Waals surface area contributed by atoms with E-state index >= 15 is 0 Å². The molecule has 0 aromatic heterocycles. The van der Waals surface area contributed by atoms with Crippen LogP contribution in [0.3, 0.4) is 0 Å². The van der Waals surface area contributed by atoms with Gasteiger partial charge in [-0.2, -0.15) is 26.3 Å². The molecule has 0 aliphatic heterocycles. The molecule has 0 spiro atoms. The third kappa shape index (κ3) is 10.2. The minimum Gasteiger partial charge on any atom is -0.462 e. The Labute approximate surface area is 157 Å². The lowest BCUT2D eigenvalue weighted by atomic mass is 10.0. The van der Waals surface area contributed by atoms with Gasteiger partial charge in [-0.25, -0.2) is 0 Å². The summed E-state index contributed by atoms with van der Waals surface area (Å²) < 4.78 is 83.1. The van der Waals surface area contributed by atoms with E-state index < -0.39 is 49.3 Å². The maximum absolute atomic E-state index is 12.3. The molecule has 1 aromatic rings. The first kappa shape index (κ1) is 23.8. The van der Waals surface area contributed by atoms with Crippen LogP contribution in [0.5, 0.6) is 0 Å². The van der Waals surface area contributed by atoms with Crippen LogP contribution in [0.1, 0.15) is 37.8 Å². The third-order valence-electron chi connectivity index (χ3n) is 3.49. The van der Waals surface area contributed by atoms with Crippen molar-refractivity contribution in [2.45, 2.75) is 64.1 Å². The van der Waals surface area contributed by atoms with E-state index in [-0.39, 0.29) is 12.8 Å². The molecule has 1 aromatic carbocycles. The number of carbonyl (C=O) groups is 2. The molecule has 0 fully saturated rings. The normalized spacial score (nSPS) is 14.3. The van der Waals surface area contributed by atoms with Gasteiger partial charge in [0.2, 0.25) is 0 Å². The van der Waals surface area contributed by atoms with Crippen molar-refractivity contribution < 1.29 is 45.4 Å². The number of ether oxygens (including phenoxy) is 2. The summed E-state index contributed by atoms with van der Waals surface area (Å²) in [7, 11) is 0. The third-order valence-corrected chi connectivity index (χ3v) is 3.49. The number of esters is 2. The Balaban J connectivity index is 2.67. The minimum absolute atomic E-state index is 0.312. The smallest absolute Gasteiger partial charge is 0.392 e. The maximum Gasteiger partial charge on any atom is 0.392 e. The molecule has 10 heteroatoms. The van der Waals surface area contributed by atoms with E-state index in [1.165, 1.54) is 12.1 Å². The van der Waals surface area contributed by atoms with Crippen LogP contribution >= 0.6 is 0 Å². The van der Waals surface area contributed by atoms with Gasteiger partial charge < -0.3 is 9.47 Å². The Hall–Kier alpha value is -2.26. The predicted octanol–water partition coefficient (Wildman–Crippen LogP) is 4.54. The molecular formula is C18H20F6O4. The second-order valence-corrected chi connectivity index (χ2v) is 6.36. The maximum atomic E-state index is 12.3. The summed E-state index contributed by atoms with van der Waals surface area (Å²) >= 11 is 0. The molecule has 0 heterocycles. The molecule has 0 aliphatic carbocycles. The fraction of sp³-hybridized carbons (Fsp3) is 0.556. The highest BCUT2D eigenvalue weighted by atomic mass is 19.4. The van der Waals surface area contributed by atoms with Crippen LogP contribution in [0.25, 0.3) is 0 Å². The SMILES string of the molecule is CC(CC(F)(F)F)OC(=O)Cc1ccccc1CC(=O)OC(C)CC(F)(F)F. The van der Waals surface area contributed by atoms with Crippen molar-refractivity contribution >= 4 is 11.9 Å². The van der Waals surface area contributed by atoms with E-state index in [4.69, 9.17) is 9.47 Å². The van der Waals surface area contributed by atoms with Gasteiger partial charge in [0.15, 0.2) is 0 Å².